The monoisotopic (exact) mass is 489 g/mol. The van der Waals surface area contributed by atoms with Gasteiger partial charge in [-0.25, -0.2) is 4.98 Å². The maximum Gasteiger partial charge on any atom is 0.261 e. The molecular formula is C27H31N3O4Si. The summed E-state index contributed by atoms with van der Waals surface area (Å²) in [5.74, 6) is -0.377. The van der Waals surface area contributed by atoms with Gasteiger partial charge in [0.15, 0.2) is 6.10 Å². The van der Waals surface area contributed by atoms with Gasteiger partial charge in [0.2, 0.25) is 0 Å². The predicted octanol–water partition coefficient (Wildman–Crippen LogP) is 2.85. The van der Waals surface area contributed by atoms with E-state index in [1.807, 2.05) is 42.5 Å². The van der Waals surface area contributed by atoms with E-state index in [0.717, 1.165) is 0 Å². The number of carbonyl (C=O) groups is 1. The van der Waals surface area contributed by atoms with Crippen LogP contribution < -0.4 is 15.7 Å². The number of hydrogen-bond acceptors (Lipinski definition) is 6. The van der Waals surface area contributed by atoms with Gasteiger partial charge in [-0.3, -0.25) is 4.79 Å². The molecule has 1 heterocycles. The molecule has 2 N–H and O–H groups in total. The van der Waals surface area contributed by atoms with Crippen LogP contribution in [0.1, 0.15) is 26.3 Å². The number of aliphatic hydroxyl groups is 1. The molecule has 3 rings (SSSR count). The number of aliphatic hydroxyl groups excluding tert-OH is 1. The van der Waals surface area contributed by atoms with Gasteiger partial charge in [0.05, 0.1) is 25.4 Å². The summed E-state index contributed by atoms with van der Waals surface area (Å²) in [5.41, 5.74) is 0.382. The smallest absolute Gasteiger partial charge is 0.261 e. The first-order chi connectivity index (χ1) is 16.8. The molecule has 1 unspecified atom stereocenters. The number of ether oxygens (including phenoxy) is 1. The highest BCUT2D eigenvalue weighted by Crippen LogP contribution is 2.36. The first kappa shape index (κ1) is 26.3. The van der Waals surface area contributed by atoms with E-state index in [2.05, 4.69) is 55.3 Å². The molecule has 1 amide bonds. The summed E-state index contributed by atoms with van der Waals surface area (Å²) in [7, 11) is -2.66. The van der Waals surface area contributed by atoms with E-state index >= 15 is 0 Å². The van der Waals surface area contributed by atoms with E-state index in [9.17, 15) is 9.90 Å². The molecule has 8 heteroatoms. The van der Waals surface area contributed by atoms with Crippen LogP contribution in [0.25, 0.3) is 0 Å². The number of carbonyl (C=O) groups excluding carboxylic acids is 1. The van der Waals surface area contributed by atoms with Crippen LogP contribution >= 0.6 is 0 Å². The van der Waals surface area contributed by atoms with Crippen molar-refractivity contribution in [3.8, 4) is 6.07 Å². The van der Waals surface area contributed by atoms with Crippen LogP contribution in [-0.2, 0) is 14.0 Å². The van der Waals surface area contributed by atoms with Crippen molar-refractivity contribution >= 4 is 30.4 Å². The first-order valence-electron chi connectivity index (χ1n) is 11.5. The minimum absolute atomic E-state index is 0.150. The number of pyridine rings is 1. The van der Waals surface area contributed by atoms with E-state index in [-0.39, 0.29) is 24.1 Å². The van der Waals surface area contributed by atoms with Crippen molar-refractivity contribution in [3.63, 3.8) is 0 Å². The molecule has 0 aliphatic heterocycles. The number of nitrogens with zero attached hydrogens (tertiary/aromatic N) is 2. The number of rotatable bonds is 10. The Kier molecular flexibility index (Phi) is 8.90. The molecule has 35 heavy (non-hydrogen) atoms. The van der Waals surface area contributed by atoms with E-state index in [4.69, 9.17) is 14.4 Å². The van der Waals surface area contributed by atoms with Crippen LogP contribution in [0.3, 0.4) is 0 Å². The molecule has 2 aromatic carbocycles. The molecule has 1 aromatic heterocycles. The minimum atomic E-state index is -2.66. The molecular weight excluding hydrogens is 458 g/mol. The third-order valence-corrected chi connectivity index (χ3v) is 10.7. The Morgan fingerprint density at radius 1 is 1.03 bits per heavy atom. The van der Waals surface area contributed by atoms with Crippen molar-refractivity contribution in [1.29, 1.82) is 5.26 Å². The first-order valence-corrected chi connectivity index (χ1v) is 13.4. The quantitative estimate of drug-likeness (QED) is 0.335. The fourth-order valence-electron chi connectivity index (χ4n) is 4.03. The summed E-state index contributed by atoms with van der Waals surface area (Å²) in [4.78, 5) is 16.2. The lowest BCUT2D eigenvalue weighted by atomic mass is 10.2. The molecule has 0 saturated carbocycles. The third kappa shape index (κ3) is 6.41. The molecule has 0 saturated heterocycles. The second-order valence-electron chi connectivity index (χ2n) is 9.14. The summed E-state index contributed by atoms with van der Waals surface area (Å²) in [6.45, 7) is 6.97. The van der Waals surface area contributed by atoms with Crippen molar-refractivity contribution in [1.82, 2.24) is 4.98 Å². The number of anilines is 1. The van der Waals surface area contributed by atoms with Gasteiger partial charge in [-0.2, -0.15) is 5.26 Å². The average molecular weight is 490 g/mol. The van der Waals surface area contributed by atoms with Crippen molar-refractivity contribution in [2.45, 2.75) is 31.9 Å². The Morgan fingerprint density at radius 3 is 2.11 bits per heavy atom. The number of benzene rings is 2. The molecule has 3 aromatic rings. The Bertz CT molecular complexity index is 1090. The average Bonchev–Trinajstić information content (AvgIpc) is 2.87. The Balaban J connectivity index is 1.62. The molecule has 7 nitrogen and oxygen atoms in total. The molecule has 0 radical (unpaired) electrons. The summed E-state index contributed by atoms with van der Waals surface area (Å²) < 4.78 is 12.3. The van der Waals surface area contributed by atoms with Gasteiger partial charge in [0, 0.05) is 6.20 Å². The normalized spacial score (nSPS) is 12.5. The van der Waals surface area contributed by atoms with E-state index in [1.165, 1.54) is 28.7 Å². The second-order valence-corrected chi connectivity index (χ2v) is 13.4. The lowest BCUT2D eigenvalue weighted by Gasteiger charge is -2.43. The summed E-state index contributed by atoms with van der Waals surface area (Å²) in [5, 5.41) is 23.7. The molecule has 182 valence electrons. The number of amides is 1. The van der Waals surface area contributed by atoms with Crippen LogP contribution in [0.5, 0.6) is 0 Å². The van der Waals surface area contributed by atoms with E-state index < -0.39 is 20.3 Å². The highest BCUT2D eigenvalue weighted by atomic mass is 28.4. The maximum absolute atomic E-state index is 12.2. The molecule has 0 bridgehead atoms. The Labute approximate surface area is 207 Å². The number of nitrogens with one attached hydrogen (secondary N) is 1. The minimum Gasteiger partial charge on any atom is -0.405 e. The van der Waals surface area contributed by atoms with Gasteiger partial charge in [0.25, 0.3) is 14.2 Å². The highest BCUT2D eigenvalue weighted by molar-refractivity contribution is 6.99. The predicted molar refractivity (Wildman–Crippen MR) is 138 cm³/mol. The fraction of sp³-hybridized carbons (Fsp3) is 0.296. The van der Waals surface area contributed by atoms with E-state index in [1.54, 1.807) is 0 Å². The number of nitriles is 1. The van der Waals surface area contributed by atoms with E-state index in [0.29, 0.717) is 12.2 Å². The van der Waals surface area contributed by atoms with Gasteiger partial charge in [0.1, 0.15) is 11.9 Å². The Morgan fingerprint density at radius 2 is 1.63 bits per heavy atom. The van der Waals surface area contributed by atoms with Crippen LogP contribution in [-0.4, -0.2) is 50.2 Å². The van der Waals surface area contributed by atoms with Gasteiger partial charge < -0.3 is 19.6 Å². The fourth-order valence-corrected chi connectivity index (χ4v) is 8.57. The van der Waals surface area contributed by atoms with Crippen LogP contribution in [0, 0.1) is 11.3 Å². The summed E-state index contributed by atoms with van der Waals surface area (Å²) in [6.07, 6.45) is -0.0129. The largest absolute Gasteiger partial charge is 0.405 e. The van der Waals surface area contributed by atoms with Gasteiger partial charge >= 0.3 is 0 Å². The highest BCUT2D eigenvalue weighted by Gasteiger charge is 2.50. The van der Waals surface area contributed by atoms with Gasteiger partial charge in [-0.15, -0.1) is 0 Å². The van der Waals surface area contributed by atoms with Crippen LogP contribution in [0.15, 0.2) is 79.0 Å². The third-order valence-electron chi connectivity index (χ3n) is 5.69. The number of hydrogen-bond donors (Lipinski definition) is 2. The summed E-state index contributed by atoms with van der Waals surface area (Å²) >= 11 is 0. The zero-order valence-corrected chi connectivity index (χ0v) is 21.3. The maximum atomic E-state index is 12.2. The van der Waals surface area contributed by atoms with Crippen molar-refractivity contribution in [2.75, 3.05) is 25.1 Å². The number of aromatic nitrogens is 1. The lowest BCUT2D eigenvalue weighted by Crippen LogP contribution is -2.66. The standard InChI is InChI=1S/C27H31N3O4Si/c1-27(2,3)35(22-10-6-4-7-11-22,23-12-8-5-9-13-23)34-17-16-33-20-24(31)26(32)30-25-15-14-21(18-28)19-29-25/h4-15,19,24,31H,16-17,20H2,1-3H3,(H,29,30,32). The molecule has 1 atom stereocenters. The second kappa shape index (κ2) is 11.9. The lowest BCUT2D eigenvalue weighted by molar-refractivity contribution is -0.127. The molecule has 0 spiro atoms. The van der Waals surface area contributed by atoms with Gasteiger partial charge in [-0.1, -0.05) is 81.4 Å². The van der Waals surface area contributed by atoms with Crippen molar-refractivity contribution in [3.05, 3.63) is 84.6 Å². The molecule has 0 aliphatic rings. The van der Waals surface area contributed by atoms with Crippen molar-refractivity contribution in [2.24, 2.45) is 0 Å². The summed E-state index contributed by atoms with van der Waals surface area (Å²) in [6, 6.07) is 25.6. The zero-order valence-electron chi connectivity index (χ0n) is 20.3. The van der Waals surface area contributed by atoms with Gasteiger partial charge in [-0.05, 0) is 27.5 Å². The zero-order chi connectivity index (χ0) is 25.3. The van der Waals surface area contributed by atoms with Crippen LogP contribution in [0.4, 0.5) is 5.82 Å². The Hall–Kier alpha value is -3.35. The van der Waals surface area contributed by atoms with Crippen molar-refractivity contribution < 1.29 is 19.1 Å². The molecule has 0 fully saturated rings. The topological polar surface area (TPSA) is 104 Å². The molecule has 0 aliphatic carbocycles. The van der Waals surface area contributed by atoms with Crippen LogP contribution in [0.2, 0.25) is 5.04 Å². The SMILES string of the molecule is CC(C)(C)[Si](OCCOCC(O)C(=O)Nc1ccc(C#N)cn1)(c1ccccc1)c1ccccc1.